The maximum absolute atomic E-state index is 11.5. The lowest BCUT2D eigenvalue weighted by Gasteiger charge is -2.23. The van der Waals surface area contributed by atoms with E-state index in [2.05, 4.69) is 31.0 Å². The van der Waals surface area contributed by atoms with E-state index < -0.39 is 0 Å². The highest BCUT2D eigenvalue weighted by Gasteiger charge is 2.32. The van der Waals surface area contributed by atoms with Gasteiger partial charge in [0, 0.05) is 13.6 Å². The number of aromatic nitrogens is 4. The van der Waals surface area contributed by atoms with Crippen LogP contribution in [0.25, 0.3) is 11.0 Å². The highest BCUT2D eigenvalue weighted by atomic mass is 79.9. The van der Waals surface area contributed by atoms with Crippen molar-refractivity contribution >= 4 is 38.7 Å². The highest BCUT2D eigenvalue weighted by molar-refractivity contribution is 9.10. The zero-order valence-electron chi connectivity index (χ0n) is 10.4. The molecule has 0 aromatic carbocycles. The number of nitrogens with zero attached hydrogens (tertiary/aromatic N) is 5. The first-order valence-corrected chi connectivity index (χ1v) is 6.78. The largest absolute Gasteiger partial charge is 0.368 e. The van der Waals surface area contributed by atoms with Crippen LogP contribution in [0.3, 0.4) is 0 Å². The molecule has 0 saturated carbocycles. The zero-order valence-corrected chi connectivity index (χ0v) is 12.0. The Morgan fingerprint density at radius 1 is 1.53 bits per heavy atom. The second kappa shape index (κ2) is 4.44. The van der Waals surface area contributed by atoms with Crippen molar-refractivity contribution in [3.8, 4) is 0 Å². The normalized spacial score (nSPS) is 19.3. The fourth-order valence-electron chi connectivity index (χ4n) is 2.56. The number of hydrogen-bond donors (Lipinski definition) is 1. The number of amides is 1. The maximum atomic E-state index is 11.5. The summed E-state index contributed by atoms with van der Waals surface area (Å²) in [6, 6.07) is -0.301. The summed E-state index contributed by atoms with van der Waals surface area (Å²) in [5, 5.41) is 5.10. The summed E-state index contributed by atoms with van der Waals surface area (Å²) >= 11 is 3.42. The van der Waals surface area contributed by atoms with Crippen molar-refractivity contribution in [2.45, 2.75) is 18.9 Å². The van der Waals surface area contributed by atoms with Gasteiger partial charge in [-0.25, -0.2) is 14.6 Å². The van der Waals surface area contributed by atoms with Crippen molar-refractivity contribution in [3.63, 3.8) is 0 Å². The van der Waals surface area contributed by atoms with E-state index in [4.69, 9.17) is 5.73 Å². The van der Waals surface area contributed by atoms with Gasteiger partial charge in [0.05, 0.1) is 5.39 Å². The molecule has 0 spiro atoms. The van der Waals surface area contributed by atoms with Crippen LogP contribution in [-0.2, 0) is 11.8 Å². The molecule has 1 unspecified atom stereocenters. The summed E-state index contributed by atoms with van der Waals surface area (Å²) in [7, 11) is 1.82. The number of anilines is 1. The third-order valence-corrected chi connectivity index (χ3v) is 3.97. The van der Waals surface area contributed by atoms with Gasteiger partial charge in [0.1, 0.15) is 22.8 Å². The molecule has 100 valence electrons. The van der Waals surface area contributed by atoms with Crippen molar-refractivity contribution in [1.29, 1.82) is 0 Å². The van der Waals surface area contributed by atoms with Gasteiger partial charge in [-0.1, -0.05) is 0 Å². The van der Waals surface area contributed by atoms with Gasteiger partial charge in [-0.15, -0.1) is 0 Å². The van der Waals surface area contributed by atoms with Gasteiger partial charge < -0.3 is 10.6 Å². The molecule has 2 N–H and O–H groups in total. The van der Waals surface area contributed by atoms with Gasteiger partial charge in [-0.05, 0) is 28.8 Å². The lowest BCUT2D eigenvalue weighted by atomic mass is 10.2. The Morgan fingerprint density at radius 2 is 2.32 bits per heavy atom. The second-order valence-electron chi connectivity index (χ2n) is 4.56. The Kier molecular flexibility index (Phi) is 2.89. The molecule has 1 amide bonds. The summed E-state index contributed by atoms with van der Waals surface area (Å²) in [5.41, 5.74) is 6.18. The molecular weight excluding hydrogens is 312 g/mol. The maximum Gasteiger partial charge on any atom is 0.240 e. The molecule has 0 aliphatic carbocycles. The number of hydrogen-bond acceptors (Lipinski definition) is 5. The summed E-state index contributed by atoms with van der Waals surface area (Å²) in [6.45, 7) is 0.765. The van der Waals surface area contributed by atoms with Crippen LogP contribution in [0.4, 0.5) is 5.82 Å². The number of rotatable bonds is 2. The van der Waals surface area contributed by atoms with Crippen molar-refractivity contribution in [2.24, 2.45) is 12.8 Å². The van der Waals surface area contributed by atoms with Crippen LogP contribution in [-0.4, -0.2) is 38.2 Å². The van der Waals surface area contributed by atoms with E-state index in [1.165, 1.54) is 6.33 Å². The van der Waals surface area contributed by atoms with E-state index in [0.717, 1.165) is 30.4 Å². The highest BCUT2D eigenvalue weighted by Crippen LogP contribution is 2.33. The Bertz CT molecular complexity index is 654. The minimum absolute atomic E-state index is 0.301. The molecule has 1 aliphatic heterocycles. The van der Waals surface area contributed by atoms with Crippen LogP contribution >= 0.6 is 15.9 Å². The summed E-state index contributed by atoms with van der Waals surface area (Å²) in [5.74, 6) is 0.399. The summed E-state index contributed by atoms with van der Waals surface area (Å²) in [6.07, 6.45) is 3.18. The van der Waals surface area contributed by atoms with E-state index in [1.54, 1.807) is 4.68 Å². The molecule has 1 atom stereocenters. The lowest BCUT2D eigenvalue weighted by Crippen LogP contribution is -2.40. The molecule has 0 radical (unpaired) electrons. The molecular formula is C11H13BrN6O. The topological polar surface area (TPSA) is 89.9 Å². The Balaban J connectivity index is 2.17. The lowest BCUT2D eigenvalue weighted by molar-refractivity contribution is -0.119. The van der Waals surface area contributed by atoms with Gasteiger partial charge in [0.2, 0.25) is 5.91 Å². The van der Waals surface area contributed by atoms with Crippen LogP contribution in [0, 0.1) is 0 Å². The quantitative estimate of drug-likeness (QED) is 0.872. The molecule has 2 aromatic heterocycles. The Hall–Kier alpha value is -1.70. The third-order valence-electron chi connectivity index (χ3n) is 3.41. The third kappa shape index (κ3) is 1.86. The van der Waals surface area contributed by atoms with Crippen LogP contribution < -0.4 is 10.6 Å². The average Bonchev–Trinajstić information content (AvgIpc) is 2.96. The molecule has 2 aromatic rings. The second-order valence-corrected chi connectivity index (χ2v) is 5.32. The van der Waals surface area contributed by atoms with Gasteiger partial charge in [0.25, 0.3) is 0 Å². The molecule has 0 bridgehead atoms. The summed E-state index contributed by atoms with van der Waals surface area (Å²) < 4.78 is 2.36. The fourth-order valence-corrected chi connectivity index (χ4v) is 3.15. The zero-order chi connectivity index (χ0) is 13.6. The predicted molar refractivity (Wildman–Crippen MR) is 73.6 cm³/mol. The first-order valence-electron chi connectivity index (χ1n) is 5.98. The molecule has 3 rings (SSSR count). The predicted octanol–water partition coefficient (Wildman–Crippen LogP) is 0.580. The van der Waals surface area contributed by atoms with Crippen LogP contribution in [0.15, 0.2) is 10.9 Å². The molecule has 7 nitrogen and oxygen atoms in total. The monoisotopic (exact) mass is 324 g/mol. The SMILES string of the molecule is Cn1nc(Br)c2c(N3CCCC3C(N)=O)ncnc21. The average molecular weight is 325 g/mol. The standard InChI is InChI=1S/C11H13BrN6O/c1-17-10-7(8(12)16-17)11(15-5-14-10)18-4-2-3-6(18)9(13)19/h5-6H,2-4H2,1H3,(H2,13,19). The summed E-state index contributed by atoms with van der Waals surface area (Å²) in [4.78, 5) is 22.0. The van der Waals surface area contributed by atoms with Crippen LogP contribution in [0.5, 0.6) is 0 Å². The van der Waals surface area contributed by atoms with Gasteiger partial charge in [-0.2, -0.15) is 5.10 Å². The molecule has 1 saturated heterocycles. The molecule has 1 aliphatic rings. The molecule has 3 heterocycles. The van der Waals surface area contributed by atoms with Gasteiger partial charge in [-0.3, -0.25) is 4.79 Å². The van der Waals surface area contributed by atoms with Crippen molar-refractivity contribution in [2.75, 3.05) is 11.4 Å². The molecule has 8 heteroatoms. The Morgan fingerprint density at radius 3 is 3.05 bits per heavy atom. The number of primary amides is 1. The van der Waals surface area contributed by atoms with Gasteiger partial charge >= 0.3 is 0 Å². The number of halogens is 1. The number of carbonyl (C=O) groups is 1. The number of carbonyl (C=O) groups excluding carboxylic acids is 1. The first-order chi connectivity index (χ1) is 9.09. The first kappa shape index (κ1) is 12.3. The Labute approximate surface area is 117 Å². The number of fused-ring (bicyclic) bond motifs is 1. The van der Waals surface area contributed by atoms with E-state index in [0.29, 0.717) is 10.4 Å². The molecule has 1 fully saturated rings. The van der Waals surface area contributed by atoms with E-state index in [9.17, 15) is 4.79 Å². The van der Waals surface area contributed by atoms with Crippen LogP contribution in [0.1, 0.15) is 12.8 Å². The minimum atomic E-state index is -0.315. The number of aryl methyl sites for hydroxylation is 1. The van der Waals surface area contributed by atoms with Gasteiger partial charge in [0.15, 0.2) is 5.65 Å². The smallest absolute Gasteiger partial charge is 0.240 e. The van der Waals surface area contributed by atoms with Crippen molar-refractivity contribution in [3.05, 3.63) is 10.9 Å². The fraction of sp³-hybridized carbons (Fsp3) is 0.455. The van der Waals surface area contributed by atoms with E-state index in [-0.39, 0.29) is 11.9 Å². The number of nitrogens with two attached hydrogens (primary N) is 1. The minimum Gasteiger partial charge on any atom is -0.368 e. The van der Waals surface area contributed by atoms with Crippen molar-refractivity contribution in [1.82, 2.24) is 19.7 Å². The van der Waals surface area contributed by atoms with Crippen LogP contribution in [0.2, 0.25) is 0 Å². The van der Waals surface area contributed by atoms with Crippen molar-refractivity contribution < 1.29 is 4.79 Å². The molecule has 19 heavy (non-hydrogen) atoms. The van der Waals surface area contributed by atoms with E-state index >= 15 is 0 Å². The van der Waals surface area contributed by atoms with E-state index in [1.807, 2.05) is 11.9 Å².